The number of fused-ring (bicyclic) bond motifs is 1. The number of ether oxygens (including phenoxy) is 1. The van der Waals surface area contributed by atoms with Crippen molar-refractivity contribution in [3.05, 3.63) is 30.0 Å². The number of phenols is 1. The molecule has 78 valence electrons. The minimum absolute atomic E-state index is 0.140. The van der Waals surface area contributed by atoms with Gasteiger partial charge in [0.15, 0.2) is 0 Å². The van der Waals surface area contributed by atoms with Crippen LogP contribution in [0.5, 0.6) is 11.5 Å². The highest BCUT2D eigenvalue weighted by atomic mass is 16.5. The van der Waals surface area contributed by atoms with Gasteiger partial charge in [0.05, 0.1) is 12.8 Å². The Hall–Kier alpha value is -1.81. The zero-order chi connectivity index (χ0) is 10.8. The second-order valence-electron chi connectivity index (χ2n) is 3.19. The Bertz CT molecular complexity index is 497. The number of nitrogens with two attached hydrogens (primary N) is 1. The summed E-state index contributed by atoms with van der Waals surface area (Å²) in [4.78, 5) is 4.25. The number of methoxy groups -OCH3 is 1. The van der Waals surface area contributed by atoms with Crippen LogP contribution >= 0.6 is 0 Å². The van der Waals surface area contributed by atoms with Crippen LogP contribution in [-0.4, -0.2) is 17.2 Å². The van der Waals surface area contributed by atoms with E-state index in [2.05, 4.69) is 4.98 Å². The minimum Gasteiger partial charge on any atom is -0.506 e. The Labute approximate surface area is 87.3 Å². The Kier molecular flexibility index (Phi) is 2.43. The normalized spacial score (nSPS) is 10.5. The van der Waals surface area contributed by atoms with Crippen molar-refractivity contribution in [2.75, 3.05) is 7.11 Å². The SMILES string of the molecule is COc1cc(CN)nc2c(O)cccc12. The summed E-state index contributed by atoms with van der Waals surface area (Å²) in [7, 11) is 1.58. The summed E-state index contributed by atoms with van der Waals surface area (Å²) in [6.45, 7) is 0.320. The molecule has 0 saturated carbocycles. The van der Waals surface area contributed by atoms with Crippen LogP contribution in [0.3, 0.4) is 0 Å². The zero-order valence-electron chi connectivity index (χ0n) is 8.40. The molecule has 0 fully saturated rings. The number of aromatic hydroxyl groups is 1. The van der Waals surface area contributed by atoms with Gasteiger partial charge in [-0.25, -0.2) is 4.98 Å². The molecule has 2 rings (SSSR count). The zero-order valence-corrected chi connectivity index (χ0v) is 8.40. The van der Waals surface area contributed by atoms with E-state index in [0.717, 1.165) is 5.39 Å². The van der Waals surface area contributed by atoms with Gasteiger partial charge in [0.25, 0.3) is 0 Å². The molecular weight excluding hydrogens is 192 g/mol. The van der Waals surface area contributed by atoms with Crippen molar-refractivity contribution in [1.82, 2.24) is 4.98 Å². The van der Waals surface area contributed by atoms with E-state index in [-0.39, 0.29) is 5.75 Å². The van der Waals surface area contributed by atoms with Crippen LogP contribution in [0, 0.1) is 0 Å². The number of benzene rings is 1. The lowest BCUT2D eigenvalue weighted by Crippen LogP contribution is -2.00. The molecule has 3 N–H and O–H groups in total. The first-order chi connectivity index (χ1) is 7.26. The van der Waals surface area contributed by atoms with Crippen molar-refractivity contribution in [3.8, 4) is 11.5 Å². The Morgan fingerprint density at radius 3 is 2.93 bits per heavy atom. The second-order valence-corrected chi connectivity index (χ2v) is 3.19. The van der Waals surface area contributed by atoms with Crippen LogP contribution in [0.2, 0.25) is 0 Å². The first-order valence-corrected chi connectivity index (χ1v) is 4.62. The third-order valence-corrected chi connectivity index (χ3v) is 2.26. The Morgan fingerprint density at radius 2 is 2.27 bits per heavy atom. The molecule has 1 aromatic heterocycles. The minimum atomic E-state index is 0.140. The summed E-state index contributed by atoms with van der Waals surface area (Å²) in [5.41, 5.74) is 6.74. The van der Waals surface area contributed by atoms with Crippen LogP contribution in [0.4, 0.5) is 0 Å². The van der Waals surface area contributed by atoms with Crippen LogP contribution in [0.1, 0.15) is 5.69 Å². The van der Waals surface area contributed by atoms with Gasteiger partial charge in [-0.3, -0.25) is 0 Å². The summed E-state index contributed by atoms with van der Waals surface area (Å²) in [6, 6.07) is 6.97. The number of nitrogens with zero attached hydrogens (tertiary/aromatic N) is 1. The molecule has 0 unspecified atom stereocenters. The lowest BCUT2D eigenvalue weighted by Gasteiger charge is -2.08. The molecule has 1 aromatic carbocycles. The van der Waals surface area contributed by atoms with Crippen molar-refractivity contribution < 1.29 is 9.84 Å². The van der Waals surface area contributed by atoms with E-state index in [1.807, 2.05) is 6.07 Å². The molecular formula is C11H12N2O2. The number of rotatable bonds is 2. The van der Waals surface area contributed by atoms with E-state index in [0.29, 0.717) is 23.5 Å². The average Bonchev–Trinajstić information content (AvgIpc) is 2.28. The summed E-state index contributed by atoms with van der Waals surface area (Å²) in [5.74, 6) is 0.817. The predicted molar refractivity (Wildman–Crippen MR) is 57.9 cm³/mol. The van der Waals surface area contributed by atoms with Crippen molar-refractivity contribution >= 4 is 10.9 Å². The van der Waals surface area contributed by atoms with Gasteiger partial charge < -0.3 is 15.6 Å². The molecule has 1 heterocycles. The summed E-state index contributed by atoms with van der Waals surface area (Å²) in [6.07, 6.45) is 0. The molecule has 0 atom stereocenters. The topological polar surface area (TPSA) is 68.4 Å². The number of hydrogen-bond donors (Lipinski definition) is 2. The summed E-state index contributed by atoms with van der Waals surface area (Å²) in [5, 5.41) is 10.4. The quantitative estimate of drug-likeness (QED) is 0.776. The molecule has 0 amide bonds. The first kappa shape index (κ1) is 9.73. The fourth-order valence-electron chi connectivity index (χ4n) is 1.53. The standard InChI is InChI=1S/C11H12N2O2/c1-15-10-5-7(6-12)13-11-8(10)3-2-4-9(11)14/h2-5,14H,6,12H2,1H3. The molecule has 0 saturated heterocycles. The predicted octanol–water partition coefficient (Wildman–Crippen LogP) is 1.41. The van der Waals surface area contributed by atoms with Crippen molar-refractivity contribution in [1.29, 1.82) is 0 Å². The van der Waals surface area contributed by atoms with Crippen molar-refractivity contribution in [2.45, 2.75) is 6.54 Å². The van der Waals surface area contributed by atoms with Gasteiger partial charge in [-0.1, -0.05) is 6.07 Å². The number of pyridine rings is 1. The van der Waals surface area contributed by atoms with Gasteiger partial charge in [-0.2, -0.15) is 0 Å². The number of aromatic nitrogens is 1. The van der Waals surface area contributed by atoms with Gasteiger partial charge in [-0.15, -0.1) is 0 Å². The van der Waals surface area contributed by atoms with Crippen LogP contribution in [-0.2, 0) is 6.54 Å². The lowest BCUT2D eigenvalue weighted by atomic mass is 10.1. The summed E-state index contributed by atoms with van der Waals surface area (Å²) >= 11 is 0. The fraction of sp³-hybridized carbons (Fsp3) is 0.182. The van der Waals surface area contributed by atoms with Gasteiger partial charge in [0, 0.05) is 18.0 Å². The van der Waals surface area contributed by atoms with E-state index in [9.17, 15) is 5.11 Å². The summed E-state index contributed by atoms with van der Waals surface area (Å²) < 4.78 is 5.22. The van der Waals surface area contributed by atoms with Crippen molar-refractivity contribution in [2.24, 2.45) is 5.73 Å². The third-order valence-electron chi connectivity index (χ3n) is 2.26. The largest absolute Gasteiger partial charge is 0.506 e. The number of para-hydroxylation sites is 1. The van der Waals surface area contributed by atoms with E-state index in [1.54, 1.807) is 25.3 Å². The number of hydrogen-bond acceptors (Lipinski definition) is 4. The van der Waals surface area contributed by atoms with Gasteiger partial charge in [0.1, 0.15) is 17.0 Å². The molecule has 15 heavy (non-hydrogen) atoms. The fourth-order valence-corrected chi connectivity index (χ4v) is 1.53. The molecule has 0 aliphatic rings. The average molecular weight is 204 g/mol. The van der Waals surface area contributed by atoms with E-state index < -0.39 is 0 Å². The van der Waals surface area contributed by atoms with E-state index in [1.165, 1.54) is 0 Å². The van der Waals surface area contributed by atoms with Crippen LogP contribution < -0.4 is 10.5 Å². The van der Waals surface area contributed by atoms with Crippen LogP contribution in [0.25, 0.3) is 10.9 Å². The maximum Gasteiger partial charge on any atom is 0.141 e. The Morgan fingerprint density at radius 1 is 1.47 bits per heavy atom. The maximum absolute atomic E-state index is 9.65. The number of phenolic OH excluding ortho intramolecular Hbond substituents is 1. The van der Waals surface area contributed by atoms with Gasteiger partial charge in [0.2, 0.25) is 0 Å². The highest BCUT2D eigenvalue weighted by molar-refractivity contribution is 5.89. The smallest absolute Gasteiger partial charge is 0.141 e. The van der Waals surface area contributed by atoms with E-state index in [4.69, 9.17) is 10.5 Å². The molecule has 0 bridgehead atoms. The van der Waals surface area contributed by atoms with Crippen molar-refractivity contribution in [3.63, 3.8) is 0 Å². The first-order valence-electron chi connectivity index (χ1n) is 4.62. The molecule has 0 spiro atoms. The molecule has 4 heteroatoms. The molecule has 0 aliphatic heterocycles. The van der Waals surface area contributed by atoms with Crippen LogP contribution in [0.15, 0.2) is 24.3 Å². The Balaban J connectivity index is 2.80. The molecule has 0 aliphatic carbocycles. The van der Waals surface area contributed by atoms with E-state index >= 15 is 0 Å². The van der Waals surface area contributed by atoms with Gasteiger partial charge >= 0.3 is 0 Å². The van der Waals surface area contributed by atoms with Gasteiger partial charge in [-0.05, 0) is 12.1 Å². The second kappa shape index (κ2) is 3.74. The molecule has 2 aromatic rings. The monoisotopic (exact) mass is 204 g/mol. The third kappa shape index (κ3) is 1.59. The molecule has 4 nitrogen and oxygen atoms in total. The highest BCUT2D eigenvalue weighted by Crippen LogP contribution is 2.30. The molecule has 0 radical (unpaired) electrons. The highest BCUT2D eigenvalue weighted by Gasteiger charge is 2.08. The maximum atomic E-state index is 9.65. The lowest BCUT2D eigenvalue weighted by molar-refractivity contribution is 0.418.